The Balaban J connectivity index is 2.29. The van der Waals surface area contributed by atoms with E-state index in [0.717, 1.165) is 11.2 Å². The molecule has 2 rings (SSSR count). The zero-order valence-electron chi connectivity index (χ0n) is 9.88. The minimum Gasteiger partial charge on any atom is -0.327 e. The Morgan fingerprint density at radius 2 is 2.06 bits per heavy atom. The molecule has 0 saturated carbocycles. The monoisotopic (exact) mass is 246 g/mol. The Morgan fingerprint density at radius 3 is 2.59 bits per heavy atom. The molecule has 0 aliphatic carbocycles. The maximum absolute atomic E-state index is 11.9. The Kier molecular flexibility index (Phi) is 3.54. The fourth-order valence-corrected chi connectivity index (χ4v) is 2.20. The van der Waals surface area contributed by atoms with Crippen molar-refractivity contribution in [2.24, 2.45) is 12.0 Å². The van der Waals surface area contributed by atoms with E-state index in [2.05, 4.69) is 11.9 Å². The zero-order valence-corrected chi connectivity index (χ0v) is 10.7. The van der Waals surface area contributed by atoms with Crippen LogP contribution in [-0.2, 0) is 13.5 Å². The van der Waals surface area contributed by atoms with Crippen molar-refractivity contribution in [1.29, 1.82) is 0 Å². The van der Waals surface area contributed by atoms with Crippen LogP contribution in [0.5, 0.6) is 0 Å². The fourth-order valence-electron chi connectivity index (χ4n) is 1.47. The van der Waals surface area contributed by atoms with Crippen LogP contribution >= 0.6 is 11.3 Å². The summed E-state index contributed by atoms with van der Waals surface area (Å²) in [5, 5.41) is 1.91. The zero-order chi connectivity index (χ0) is 12.3. The largest absolute Gasteiger partial charge is 0.327 e. The molecule has 88 valence electrons. The number of amides is 1. The summed E-state index contributed by atoms with van der Waals surface area (Å²) in [6.07, 6.45) is 2.86. The molecule has 0 N–H and O–H groups in total. The highest BCUT2D eigenvalue weighted by atomic mass is 32.1. The van der Waals surface area contributed by atoms with Crippen molar-refractivity contribution in [1.82, 2.24) is 4.57 Å². The van der Waals surface area contributed by atoms with Crippen LogP contribution in [0.2, 0.25) is 0 Å². The van der Waals surface area contributed by atoms with Crippen molar-refractivity contribution < 1.29 is 4.79 Å². The molecule has 3 nitrogen and oxygen atoms in total. The van der Waals surface area contributed by atoms with Gasteiger partial charge in [-0.2, -0.15) is 4.99 Å². The summed E-state index contributed by atoms with van der Waals surface area (Å²) >= 11 is 1.46. The first-order valence-corrected chi connectivity index (χ1v) is 6.37. The Labute approximate surface area is 104 Å². The summed E-state index contributed by atoms with van der Waals surface area (Å²) in [4.78, 5) is 16.7. The van der Waals surface area contributed by atoms with Crippen LogP contribution in [0.15, 0.2) is 40.8 Å². The smallest absolute Gasteiger partial charge is 0.279 e. The second-order valence-electron chi connectivity index (χ2n) is 3.76. The van der Waals surface area contributed by atoms with Crippen LogP contribution in [-0.4, -0.2) is 10.5 Å². The van der Waals surface area contributed by atoms with Crippen LogP contribution in [0.3, 0.4) is 0 Å². The molecule has 2 aromatic rings. The Morgan fingerprint density at radius 1 is 1.35 bits per heavy atom. The average molecular weight is 246 g/mol. The van der Waals surface area contributed by atoms with Gasteiger partial charge in [0.2, 0.25) is 0 Å². The van der Waals surface area contributed by atoms with Crippen LogP contribution in [0.25, 0.3) is 0 Å². The van der Waals surface area contributed by atoms with Gasteiger partial charge in [-0.25, -0.2) is 0 Å². The lowest BCUT2D eigenvalue weighted by molar-refractivity contribution is 0.0998. The third kappa shape index (κ3) is 2.71. The van der Waals surface area contributed by atoms with Gasteiger partial charge in [-0.15, -0.1) is 11.3 Å². The van der Waals surface area contributed by atoms with Gasteiger partial charge in [0.25, 0.3) is 5.91 Å². The van der Waals surface area contributed by atoms with Crippen LogP contribution in [0.1, 0.15) is 22.8 Å². The van der Waals surface area contributed by atoms with E-state index in [1.165, 1.54) is 16.9 Å². The summed E-state index contributed by atoms with van der Waals surface area (Å²) in [6.45, 7) is 2.09. The van der Waals surface area contributed by atoms with E-state index in [1.54, 1.807) is 0 Å². The summed E-state index contributed by atoms with van der Waals surface area (Å²) in [5.41, 5.74) is 1.86. The molecule has 0 bridgehead atoms. The van der Waals surface area contributed by atoms with E-state index in [9.17, 15) is 4.79 Å². The molecule has 0 aliphatic rings. The van der Waals surface area contributed by atoms with E-state index >= 15 is 0 Å². The molecule has 1 heterocycles. The number of rotatable bonds is 2. The minimum absolute atomic E-state index is 0.189. The number of carbonyl (C=O) groups is 1. The van der Waals surface area contributed by atoms with Crippen molar-refractivity contribution in [3.63, 3.8) is 0 Å². The molecule has 17 heavy (non-hydrogen) atoms. The number of aryl methyl sites for hydroxylation is 2. The summed E-state index contributed by atoms with van der Waals surface area (Å²) in [5.74, 6) is -0.189. The lowest BCUT2D eigenvalue weighted by atomic mass is 10.1. The number of carbonyl (C=O) groups excluding carboxylic acids is 1. The average Bonchev–Trinajstić information content (AvgIpc) is 2.75. The maximum Gasteiger partial charge on any atom is 0.279 e. The van der Waals surface area contributed by atoms with E-state index in [1.807, 2.05) is 47.5 Å². The van der Waals surface area contributed by atoms with Gasteiger partial charge in [0.15, 0.2) is 4.80 Å². The summed E-state index contributed by atoms with van der Waals surface area (Å²) in [7, 11) is 1.88. The number of aromatic nitrogens is 1. The third-order valence-electron chi connectivity index (χ3n) is 2.57. The highest BCUT2D eigenvalue weighted by Crippen LogP contribution is 2.06. The van der Waals surface area contributed by atoms with E-state index in [-0.39, 0.29) is 5.91 Å². The second kappa shape index (κ2) is 5.10. The van der Waals surface area contributed by atoms with Crippen LogP contribution in [0.4, 0.5) is 0 Å². The lowest BCUT2D eigenvalue weighted by Gasteiger charge is -1.98. The molecule has 0 saturated heterocycles. The van der Waals surface area contributed by atoms with Crippen LogP contribution in [0, 0.1) is 0 Å². The quantitative estimate of drug-likeness (QED) is 0.801. The van der Waals surface area contributed by atoms with Crippen LogP contribution < -0.4 is 4.80 Å². The standard InChI is InChI=1S/C13H14N2OS/c1-3-10-4-6-11(7-5-10)12(16)14-13-15(2)8-9-17-13/h4-9H,3H2,1-2H3. The van der Waals surface area contributed by atoms with Crippen molar-refractivity contribution in [3.05, 3.63) is 51.8 Å². The molecule has 0 spiro atoms. The number of hydrogen-bond acceptors (Lipinski definition) is 2. The molecule has 0 unspecified atom stereocenters. The first kappa shape index (κ1) is 11.8. The van der Waals surface area contributed by atoms with E-state index in [4.69, 9.17) is 0 Å². The molecule has 1 aromatic heterocycles. The summed E-state index contributed by atoms with van der Waals surface area (Å²) < 4.78 is 1.84. The molecular weight excluding hydrogens is 232 g/mol. The van der Waals surface area contributed by atoms with E-state index < -0.39 is 0 Å². The number of hydrogen-bond donors (Lipinski definition) is 0. The highest BCUT2D eigenvalue weighted by Gasteiger charge is 2.03. The van der Waals surface area contributed by atoms with Crippen molar-refractivity contribution in [2.45, 2.75) is 13.3 Å². The second-order valence-corrected chi connectivity index (χ2v) is 4.64. The number of nitrogens with zero attached hydrogens (tertiary/aromatic N) is 2. The van der Waals surface area contributed by atoms with Gasteiger partial charge in [-0.05, 0) is 24.1 Å². The van der Waals surface area contributed by atoms with Gasteiger partial charge in [-0.1, -0.05) is 19.1 Å². The first-order chi connectivity index (χ1) is 8.20. The van der Waals surface area contributed by atoms with Crippen molar-refractivity contribution >= 4 is 17.2 Å². The molecule has 1 aromatic carbocycles. The van der Waals surface area contributed by atoms with Crippen molar-refractivity contribution in [2.75, 3.05) is 0 Å². The van der Waals surface area contributed by atoms with Gasteiger partial charge in [-0.3, -0.25) is 4.79 Å². The van der Waals surface area contributed by atoms with E-state index in [0.29, 0.717) is 5.56 Å². The van der Waals surface area contributed by atoms with Gasteiger partial charge in [0.05, 0.1) is 0 Å². The highest BCUT2D eigenvalue weighted by molar-refractivity contribution is 7.07. The minimum atomic E-state index is -0.189. The molecule has 1 amide bonds. The normalized spacial score (nSPS) is 11.8. The number of thiazole rings is 1. The van der Waals surface area contributed by atoms with Gasteiger partial charge < -0.3 is 4.57 Å². The van der Waals surface area contributed by atoms with Gasteiger partial charge >= 0.3 is 0 Å². The maximum atomic E-state index is 11.9. The molecular formula is C13H14N2OS. The Bertz CT molecular complexity index is 578. The predicted octanol–water partition coefficient (Wildman–Crippen LogP) is 2.39. The molecule has 0 atom stereocenters. The third-order valence-corrected chi connectivity index (χ3v) is 3.41. The van der Waals surface area contributed by atoms with Gasteiger partial charge in [0, 0.05) is 24.2 Å². The topological polar surface area (TPSA) is 34.4 Å². The van der Waals surface area contributed by atoms with Gasteiger partial charge in [0.1, 0.15) is 0 Å². The predicted molar refractivity (Wildman–Crippen MR) is 69.0 cm³/mol. The fraction of sp³-hybridized carbons (Fsp3) is 0.231. The molecule has 0 aliphatic heterocycles. The molecule has 4 heteroatoms. The molecule has 0 fully saturated rings. The molecule has 0 radical (unpaired) electrons. The summed E-state index contributed by atoms with van der Waals surface area (Å²) in [6, 6.07) is 7.60. The first-order valence-electron chi connectivity index (χ1n) is 5.49. The van der Waals surface area contributed by atoms with Crippen molar-refractivity contribution in [3.8, 4) is 0 Å². The number of benzene rings is 1. The Hall–Kier alpha value is -1.68. The SMILES string of the molecule is CCc1ccc(C(=O)N=c2sccn2C)cc1. The lowest BCUT2D eigenvalue weighted by Crippen LogP contribution is -2.12.